The molecular formula is C18H23NO3. The molecule has 1 heterocycles. The third-order valence-corrected chi connectivity index (χ3v) is 3.57. The summed E-state index contributed by atoms with van der Waals surface area (Å²) in [5.41, 5.74) is 1.22. The Labute approximate surface area is 131 Å². The van der Waals surface area contributed by atoms with E-state index in [1.807, 2.05) is 30.3 Å². The minimum Gasteiger partial charge on any atom is -0.496 e. The van der Waals surface area contributed by atoms with E-state index < -0.39 is 0 Å². The van der Waals surface area contributed by atoms with E-state index in [0.717, 1.165) is 30.8 Å². The van der Waals surface area contributed by atoms with E-state index in [1.165, 1.54) is 5.56 Å². The summed E-state index contributed by atoms with van der Waals surface area (Å²) < 4.78 is 10.5. The molecule has 0 aliphatic carbocycles. The monoisotopic (exact) mass is 301 g/mol. The van der Waals surface area contributed by atoms with E-state index >= 15 is 0 Å². The standard InChI is InChI=1S/C18H23NO3/c1-21-17-10-3-2-7-15(17)8-4-5-13-19-18(20)12-11-16-9-6-14-22-16/h2-3,6-7,9-10,14H,4-5,8,11-13H2,1H3,(H,19,20). The quantitative estimate of drug-likeness (QED) is 0.723. The topological polar surface area (TPSA) is 51.5 Å². The number of aryl methyl sites for hydroxylation is 2. The molecule has 1 amide bonds. The van der Waals surface area contributed by atoms with E-state index in [9.17, 15) is 4.79 Å². The first-order valence-corrected chi connectivity index (χ1v) is 7.70. The van der Waals surface area contributed by atoms with Gasteiger partial charge in [-0.1, -0.05) is 18.2 Å². The number of methoxy groups -OCH3 is 1. The smallest absolute Gasteiger partial charge is 0.220 e. The van der Waals surface area contributed by atoms with Crippen molar-refractivity contribution in [1.29, 1.82) is 0 Å². The molecule has 118 valence electrons. The van der Waals surface area contributed by atoms with Crippen LogP contribution in [-0.2, 0) is 17.6 Å². The Morgan fingerprint density at radius 2 is 2.00 bits per heavy atom. The molecule has 0 spiro atoms. The molecule has 0 saturated heterocycles. The molecule has 0 radical (unpaired) electrons. The second-order valence-electron chi connectivity index (χ2n) is 5.20. The number of nitrogens with one attached hydrogen (secondary N) is 1. The fourth-order valence-corrected chi connectivity index (χ4v) is 2.36. The van der Waals surface area contributed by atoms with Gasteiger partial charge in [0.15, 0.2) is 0 Å². The highest BCUT2D eigenvalue weighted by Gasteiger charge is 2.04. The normalized spacial score (nSPS) is 10.4. The lowest BCUT2D eigenvalue weighted by Gasteiger charge is -2.08. The fourth-order valence-electron chi connectivity index (χ4n) is 2.36. The Hall–Kier alpha value is -2.23. The Bertz CT molecular complexity index is 563. The van der Waals surface area contributed by atoms with Crippen LogP contribution in [0.1, 0.15) is 30.6 Å². The second kappa shape index (κ2) is 8.93. The third-order valence-electron chi connectivity index (χ3n) is 3.57. The van der Waals surface area contributed by atoms with Gasteiger partial charge >= 0.3 is 0 Å². The number of hydrogen-bond donors (Lipinski definition) is 1. The van der Waals surface area contributed by atoms with Crippen molar-refractivity contribution in [2.45, 2.75) is 32.1 Å². The maximum absolute atomic E-state index is 11.7. The molecule has 2 aromatic rings. The van der Waals surface area contributed by atoms with Crippen LogP contribution in [0.4, 0.5) is 0 Å². The predicted octanol–water partition coefficient (Wildman–Crippen LogP) is 3.36. The molecule has 0 aliphatic heterocycles. The molecular weight excluding hydrogens is 278 g/mol. The average Bonchev–Trinajstić information content (AvgIpc) is 3.06. The molecule has 0 saturated carbocycles. The summed E-state index contributed by atoms with van der Waals surface area (Å²) in [6, 6.07) is 11.8. The van der Waals surface area contributed by atoms with Crippen molar-refractivity contribution in [2.75, 3.05) is 13.7 Å². The lowest BCUT2D eigenvalue weighted by Crippen LogP contribution is -2.24. The summed E-state index contributed by atoms with van der Waals surface area (Å²) in [4.78, 5) is 11.7. The summed E-state index contributed by atoms with van der Waals surface area (Å²) in [6.07, 6.45) is 5.71. The summed E-state index contributed by atoms with van der Waals surface area (Å²) in [5.74, 6) is 1.87. The van der Waals surface area contributed by atoms with Gasteiger partial charge in [0.25, 0.3) is 0 Å². The Morgan fingerprint density at radius 3 is 2.77 bits per heavy atom. The van der Waals surface area contributed by atoms with Crippen LogP contribution in [0.2, 0.25) is 0 Å². The van der Waals surface area contributed by atoms with E-state index in [1.54, 1.807) is 13.4 Å². The van der Waals surface area contributed by atoms with Crippen molar-refractivity contribution >= 4 is 5.91 Å². The van der Waals surface area contributed by atoms with Gasteiger partial charge in [-0.25, -0.2) is 0 Å². The molecule has 2 rings (SSSR count). The van der Waals surface area contributed by atoms with E-state index in [4.69, 9.17) is 9.15 Å². The van der Waals surface area contributed by atoms with Crippen LogP contribution in [0.15, 0.2) is 47.1 Å². The molecule has 4 nitrogen and oxygen atoms in total. The van der Waals surface area contributed by atoms with Crippen molar-refractivity contribution < 1.29 is 13.9 Å². The molecule has 22 heavy (non-hydrogen) atoms. The maximum atomic E-state index is 11.7. The Morgan fingerprint density at radius 1 is 1.14 bits per heavy atom. The predicted molar refractivity (Wildman–Crippen MR) is 86.0 cm³/mol. The van der Waals surface area contributed by atoms with Crippen LogP contribution in [0.25, 0.3) is 0 Å². The summed E-state index contributed by atoms with van der Waals surface area (Å²) in [5, 5.41) is 2.95. The first kappa shape index (κ1) is 16.1. The van der Waals surface area contributed by atoms with Gasteiger partial charge in [-0.3, -0.25) is 4.79 Å². The third kappa shape index (κ3) is 5.28. The molecule has 4 heteroatoms. The van der Waals surface area contributed by atoms with Gasteiger partial charge < -0.3 is 14.5 Å². The van der Waals surface area contributed by atoms with Gasteiger partial charge in [-0.15, -0.1) is 0 Å². The second-order valence-corrected chi connectivity index (χ2v) is 5.20. The van der Waals surface area contributed by atoms with Crippen molar-refractivity contribution in [3.8, 4) is 5.75 Å². The van der Waals surface area contributed by atoms with Crippen LogP contribution in [0, 0.1) is 0 Å². The van der Waals surface area contributed by atoms with Crippen LogP contribution < -0.4 is 10.1 Å². The van der Waals surface area contributed by atoms with Gasteiger partial charge in [0.05, 0.1) is 13.4 Å². The van der Waals surface area contributed by atoms with Gasteiger partial charge in [0.1, 0.15) is 11.5 Å². The summed E-state index contributed by atoms with van der Waals surface area (Å²) in [6.45, 7) is 0.714. The molecule has 0 atom stereocenters. The number of carbonyl (C=O) groups excluding carboxylic acids is 1. The van der Waals surface area contributed by atoms with Crippen molar-refractivity contribution in [3.05, 3.63) is 54.0 Å². The molecule has 0 fully saturated rings. The number of furan rings is 1. The lowest BCUT2D eigenvalue weighted by molar-refractivity contribution is -0.121. The summed E-state index contributed by atoms with van der Waals surface area (Å²) in [7, 11) is 1.69. The number of amides is 1. The zero-order valence-corrected chi connectivity index (χ0v) is 13.0. The number of para-hydroxylation sites is 1. The fraction of sp³-hybridized carbons (Fsp3) is 0.389. The maximum Gasteiger partial charge on any atom is 0.220 e. The van der Waals surface area contributed by atoms with Gasteiger partial charge in [-0.2, -0.15) is 0 Å². The molecule has 0 bridgehead atoms. The minimum absolute atomic E-state index is 0.0775. The number of hydrogen-bond acceptors (Lipinski definition) is 3. The highest BCUT2D eigenvalue weighted by atomic mass is 16.5. The molecule has 1 aromatic carbocycles. The average molecular weight is 301 g/mol. The lowest BCUT2D eigenvalue weighted by atomic mass is 10.1. The van der Waals surface area contributed by atoms with Crippen LogP contribution in [0.5, 0.6) is 5.75 Å². The highest BCUT2D eigenvalue weighted by molar-refractivity contribution is 5.75. The van der Waals surface area contributed by atoms with Crippen LogP contribution in [0.3, 0.4) is 0 Å². The Kier molecular flexibility index (Phi) is 6.55. The van der Waals surface area contributed by atoms with Crippen LogP contribution in [-0.4, -0.2) is 19.6 Å². The largest absolute Gasteiger partial charge is 0.496 e. The van der Waals surface area contributed by atoms with E-state index in [2.05, 4.69) is 11.4 Å². The van der Waals surface area contributed by atoms with E-state index in [0.29, 0.717) is 19.4 Å². The minimum atomic E-state index is 0.0775. The number of rotatable bonds is 9. The Balaban J connectivity index is 1.58. The van der Waals surface area contributed by atoms with Crippen molar-refractivity contribution in [1.82, 2.24) is 5.32 Å². The molecule has 0 aliphatic rings. The van der Waals surface area contributed by atoms with Crippen LogP contribution >= 0.6 is 0 Å². The van der Waals surface area contributed by atoms with Crippen molar-refractivity contribution in [2.24, 2.45) is 0 Å². The molecule has 0 unspecified atom stereocenters. The first-order valence-electron chi connectivity index (χ1n) is 7.70. The zero-order valence-electron chi connectivity index (χ0n) is 13.0. The number of unbranched alkanes of at least 4 members (excludes halogenated alkanes) is 1. The SMILES string of the molecule is COc1ccccc1CCCCNC(=O)CCc1ccco1. The zero-order chi connectivity index (χ0) is 15.6. The number of carbonyl (C=O) groups is 1. The highest BCUT2D eigenvalue weighted by Crippen LogP contribution is 2.19. The van der Waals surface area contributed by atoms with Gasteiger partial charge in [-0.05, 0) is 43.0 Å². The number of ether oxygens (including phenoxy) is 1. The van der Waals surface area contributed by atoms with E-state index in [-0.39, 0.29) is 5.91 Å². The molecule has 1 N–H and O–H groups in total. The van der Waals surface area contributed by atoms with Gasteiger partial charge in [0, 0.05) is 19.4 Å². The van der Waals surface area contributed by atoms with Crippen molar-refractivity contribution in [3.63, 3.8) is 0 Å². The molecule has 1 aromatic heterocycles. The first-order chi connectivity index (χ1) is 10.8. The number of benzene rings is 1. The summed E-state index contributed by atoms with van der Waals surface area (Å²) >= 11 is 0. The van der Waals surface area contributed by atoms with Gasteiger partial charge in [0.2, 0.25) is 5.91 Å².